The van der Waals surface area contributed by atoms with Gasteiger partial charge in [-0.05, 0) is 19.4 Å². The zero-order chi connectivity index (χ0) is 29.9. The summed E-state index contributed by atoms with van der Waals surface area (Å²) in [7, 11) is 0. The number of carboxylic acid groups (broad SMARTS) is 1. The Morgan fingerprint density at radius 1 is 0.561 bits per heavy atom. The fourth-order valence-electron chi connectivity index (χ4n) is 7.02. The number of carboxylic acids is 1. The monoisotopic (exact) mass is 580 g/mol. The predicted octanol–water partition coefficient (Wildman–Crippen LogP) is 11.2. The minimum absolute atomic E-state index is 0.402. The maximum Gasteiger partial charge on any atom is 0.324 e. The van der Waals surface area contributed by atoms with Crippen molar-refractivity contribution in [2.45, 2.75) is 218 Å². The lowest BCUT2D eigenvalue weighted by Gasteiger charge is -2.34. The van der Waals surface area contributed by atoms with Gasteiger partial charge in [0.2, 0.25) is 0 Å². The molecule has 1 saturated heterocycles. The summed E-state index contributed by atoms with van der Waals surface area (Å²) in [4.78, 5) is 14.6. The summed E-state index contributed by atoms with van der Waals surface area (Å²) in [6.45, 7) is 5.91. The molecule has 1 heterocycles. The van der Waals surface area contributed by atoms with Gasteiger partial charge < -0.3 is 10.2 Å². The minimum atomic E-state index is -0.840. The molecule has 1 fully saturated rings. The fraction of sp³-hybridized carbons (Fsp3) is 0.973. The SMILES string of the molecule is CCCCCCCCCCCCCCCCN1C[C@H](O)C[C@@]1(CCCCCCCCCCCCCCCC)C(=O)O. The zero-order valence-corrected chi connectivity index (χ0v) is 28.0. The molecule has 1 rings (SSSR count). The topological polar surface area (TPSA) is 60.8 Å². The Bertz CT molecular complexity index is 583. The molecule has 4 heteroatoms. The molecule has 0 spiro atoms. The number of β-amino-alcohol motifs (C(OH)–C–C–N with tert-alkyl or cyclic N) is 1. The molecule has 0 unspecified atom stereocenters. The van der Waals surface area contributed by atoms with Gasteiger partial charge in [0.15, 0.2) is 0 Å². The van der Waals surface area contributed by atoms with Crippen molar-refractivity contribution < 1.29 is 15.0 Å². The molecule has 1 aliphatic rings. The Morgan fingerprint density at radius 2 is 0.878 bits per heavy atom. The second-order valence-electron chi connectivity index (χ2n) is 13.6. The number of rotatable bonds is 31. The molecule has 0 aromatic carbocycles. The van der Waals surface area contributed by atoms with E-state index in [1.165, 1.54) is 161 Å². The Hall–Kier alpha value is -0.610. The second kappa shape index (κ2) is 27.0. The van der Waals surface area contributed by atoms with Crippen LogP contribution in [-0.2, 0) is 4.79 Å². The van der Waals surface area contributed by atoms with Crippen LogP contribution in [0.2, 0.25) is 0 Å². The van der Waals surface area contributed by atoms with E-state index in [-0.39, 0.29) is 0 Å². The summed E-state index contributed by atoms with van der Waals surface area (Å²) >= 11 is 0. The summed E-state index contributed by atoms with van der Waals surface area (Å²) in [5.41, 5.74) is -0.840. The standard InChI is InChI=1S/C37H73NO3/c1-3-5-7-9-11-13-15-17-19-21-23-25-27-29-31-37(36(40)41)33-35(39)34-38(37)32-30-28-26-24-22-20-18-16-14-12-10-8-6-4-2/h35,39H,3-34H2,1-2H3,(H,40,41)/t35-,37+/m1/s1. The molecule has 41 heavy (non-hydrogen) atoms. The maximum atomic E-state index is 12.4. The van der Waals surface area contributed by atoms with Crippen molar-refractivity contribution in [3.63, 3.8) is 0 Å². The smallest absolute Gasteiger partial charge is 0.324 e. The van der Waals surface area contributed by atoms with Gasteiger partial charge in [-0.2, -0.15) is 0 Å². The summed E-state index contributed by atoms with van der Waals surface area (Å²) in [5, 5.41) is 20.6. The van der Waals surface area contributed by atoms with Crippen molar-refractivity contribution in [2.24, 2.45) is 0 Å². The summed E-state index contributed by atoms with van der Waals surface area (Å²) in [5.74, 6) is -0.714. The highest BCUT2D eigenvalue weighted by Gasteiger charge is 2.50. The highest BCUT2D eigenvalue weighted by Crippen LogP contribution is 2.35. The normalized spacial score (nSPS) is 19.3. The van der Waals surface area contributed by atoms with E-state index in [1.54, 1.807) is 0 Å². The highest BCUT2D eigenvalue weighted by molar-refractivity contribution is 5.79. The molecule has 0 radical (unpaired) electrons. The van der Waals surface area contributed by atoms with Crippen LogP contribution >= 0.6 is 0 Å². The van der Waals surface area contributed by atoms with Gasteiger partial charge in [-0.15, -0.1) is 0 Å². The van der Waals surface area contributed by atoms with Gasteiger partial charge in [-0.25, -0.2) is 0 Å². The molecule has 0 saturated carbocycles. The number of likely N-dealkylation sites (tertiary alicyclic amines) is 1. The lowest BCUT2D eigenvalue weighted by Crippen LogP contribution is -2.50. The van der Waals surface area contributed by atoms with Crippen LogP contribution in [0, 0.1) is 0 Å². The first-order valence-corrected chi connectivity index (χ1v) is 18.7. The molecule has 0 aliphatic carbocycles. The van der Waals surface area contributed by atoms with Gasteiger partial charge in [0, 0.05) is 13.0 Å². The molecule has 0 aromatic heterocycles. The summed E-state index contributed by atoms with van der Waals surface area (Å²) in [6.07, 6.45) is 37.7. The lowest BCUT2D eigenvalue weighted by molar-refractivity contribution is -0.150. The first-order chi connectivity index (χ1) is 20.1. The third-order valence-corrected chi connectivity index (χ3v) is 9.73. The predicted molar refractivity (Wildman–Crippen MR) is 178 cm³/mol. The first kappa shape index (κ1) is 38.4. The molecule has 0 bridgehead atoms. The highest BCUT2D eigenvalue weighted by atomic mass is 16.4. The Morgan fingerprint density at radius 3 is 1.22 bits per heavy atom. The van der Waals surface area contributed by atoms with Crippen molar-refractivity contribution in [1.29, 1.82) is 0 Å². The van der Waals surface area contributed by atoms with E-state index in [4.69, 9.17) is 0 Å². The number of unbranched alkanes of at least 4 members (excludes halogenated alkanes) is 26. The molecule has 0 aromatic rings. The average Bonchev–Trinajstić information content (AvgIpc) is 3.29. The average molecular weight is 580 g/mol. The van der Waals surface area contributed by atoms with E-state index in [2.05, 4.69) is 18.7 Å². The molecule has 2 atom stereocenters. The van der Waals surface area contributed by atoms with Crippen LogP contribution in [0.1, 0.15) is 206 Å². The van der Waals surface area contributed by atoms with Gasteiger partial charge >= 0.3 is 5.97 Å². The third-order valence-electron chi connectivity index (χ3n) is 9.73. The largest absolute Gasteiger partial charge is 0.480 e. The minimum Gasteiger partial charge on any atom is -0.480 e. The number of nitrogens with zero attached hydrogens (tertiary/aromatic N) is 1. The van der Waals surface area contributed by atoms with Crippen molar-refractivity contribution in [2.75, 3.05) is 13.1 Å². The van der Waals surface area contributed by atoms with E-state index in [1.807, 2.05) is 0 Å². The molecule has 2 N–H and O–H groups in total. The zero-order valence-electron chi connectivity index (χ0n) is 28.0. The van der Waals surface area contributed by atoms with Crippen molar-refractivity contribution in [3.8, 4) is 0 Å². The molecule has 0 amide bonds. The second-order valence-corrected chi connectivity index (χ2v) is 13.6. The quantitative estimate of drug-likeness (QED) is 0.0802. The van der Waals surface area contributed by atoms with E-state index in [9.17, 15) is 15.0 Å². The lowest BCUT2D eigenvalue weighted by atomic mass is 9.88. The fourth-order valence-corrected chi connectivity index (χ4v) is 7.02. The third kappa shape index (κ3) is 19.3. The van der Waals surface area contributed by atoms with Gasteiger partial charge in [0.25, 0.3) is 0 Å². The van der Waals surface area contributed by atoms with Crippen LogP contribution in [0.15, 0.2) is 0 Å². The van der Waals surface area contributed by atoms with Crippen LogP contribution in [-0.4, -0.2) is 45.8 Å². The number of aliphatic hydroxyl groups excluding tert-OH is 1. The van der Waals surface area contributed by atoms with E-state index < -0.39 is 17.6 Å². The van der Waals surface area contributed by atoms with Gasteiger partial charge in [0.1, 0.15) is 5.54 Å². The molecule has 4 nitrogen and oxygen atoms in total. The number of aliphatic carboxylic acids is 1. The van der Waals surface area contributed by atoms with Crippen LogP contribution < -0.4 is 0 Å². The van der Waals surface area contributed by atoms with Crippen molar-refractivity contribution >= 4 is 5.97 Å². The van der Waals surface area contributed by atoms with E-state index in [0.29, 0.717) is 19.4 Å². The maximum absolute atomic E-state index is 12.4. The van der Waals surface area contributed by atoms with Crippen LogP contribution in [0.25, 0.3) is 0 Å². The molecular formula is C37H73NO3. The Labute approximate surface area is 256 Å². The summed E-state index contributed by atoms with van der Waals surface area (Å²) < 4.78 is 0. The first-order valence-electron chi connectivity index (χ1n) is 18.7. The van der Waals surface area contributed by atoms with E-state index >= 15 is 0 Å². The molecule has 1 aliphatic heterocycles. The van der Waals surface area contributed by atoms with Gasteiger partial charge in [0.05, 0.1) is 6.10 Å². The van der Waals surface area contributed by atoms with E-state index in [0.717, 1.165) is 25.8 Å². The Balaban J connectivity index is 2.09. The number of hydrogen-bond donors (Lipinski definition) is 2. The Kier molecular flexibility index (Phi) is 25.3. The molecular weight excluding hydrogens is 506 g/mol. The van der Waals surface area contributed by atoms with Gasteiger partial charge in [-0.3, -0.25) is 9.69 Å². The van der Waals surface area contributed by atoms with Crippen molar-refractivity contribution in [1.82, 2.24) is 4.90 Å². The molecule has 244 valence electrons. The van der Waals surface area contributed by atoms with Gasteiger partial charge in [-0.1, -0.05) is 187 Å². The number of hydrogen-bond acceptors (Lipinski definition) is 3. The van der Waals surface area contributed by atoms with Crippen LogP contribution in [0.4, 0.5) is 0 Å². The van der Waals surface area contributed by atoms with Crippen molar-refractivity contribution in [3.05, 3.63) is 0 Å². The number of carbonyl (C=O) groups is 1. The van der Waals surface area contributed by atoms with Crippen LogP contribution in [0.5, 0.6) is 0 Å². The summed E-state index contributed by atoms with van der Waals surface area (Å²) in [6, 6.07) is 0. The van der Waals surface area contributed by atoms with Crippen LogP contribution in [0.3, 0.4) is 0 Å². The number of aliphatic hydroxyl groups is 1.